The van der Waals surface area contributed by atoms with Crippen molar-refractivity contribution in [2.45, 2.75) is 304 Å². The Morgan fingerprint density at radius 1 is 0.586 bits per heavy atom. The van der Waals surface area contributed by atoms with E-state index in [-0.39, 0.29) is 30.0 Å². The van der Waals surface area contributed by atoms with Crippen LogP contribution in [0.3, 0.4) is 0 Å². The number of rotatable bonds is 49. The van der Waals surface area contributed by atoms with Gasteiger partial charge in [0, 0.05) is 50.9 Å². The standard InChI is InChI=1S/C60H117N3O7/c1-10-14-18-20-23-31-41-53(42-32-24-21-19-15-11-2)62(9)59(67)60(5,6)45-34-26-28-36-48-69-58(66)55-50-54(70-57(65)44-47-61(7)8)51-63(55)46-35-27-22-25-33-43-56(64)68-49-37-40-52(38-29-16-12-3)39-30-17-13-4/h52-55,57,65H,10-51H2,1-9H3/t54-,55-,57?/m0/s1. The summed E-state index contributed by atoms with van der Waals surface area (Å²) in [5.74, 6) is 0.798. The van der Waals surface area contributed by atoms with Gasteiger partial charge in [-0.25, -0.2) is 0 Å². The van der Waals surface area contributed by atoms with Gasteiger partial charge in [0.1, 0.15) is 6.04 Å². The van der Waals surface area contributed by atoms with Crippen molar-refractivity contribution in [3.05, 3.63) is 0 Å². The molecule has 1 unspecified atom stereocenters. The molecular weight excluding hydrogens is 875 g/mol. The highest BCUT2D eigenvalue weighted by Gasteiger charge is 2.39. The zero-order chi connectivity index (χ0) is 51.7. The molecule has 0 aromatic rings. The topological polar surface area (TPSA) is 109 Å². The van der Waals surface area contributed by atoms with Gasteiger partial charge < -0.3 is 29.1 Å². The van der Waals surface area contributed by atoms with Gasteiger partial charge in [-0.15, -0.1) is 0 Å². The maximum Gasteiger partial charge on any atom is 0.323 e. The van der Waals surface area contributed by atoms with Crippen LogP contribution in [0.1, 0.15) is 279 Å². The minimum Gasteiger partial charge on any atom is -0.466 e. The molecule has 1 fully saturated rings. The van der Waals surface area contributed by atoms with Crippen molar-refractivity contribution in [1.82, 2.24) is 14.7 Å². The molecule has 0 aromatic carbocycles. The Labute approximate surface area is 433 Å². The summed E-state index contributed by atoms with van der Waals surface area (Å²) < 4.78 is 17.6. The Kier molecular flexibility index (Phi) is 41.3. The van der Waals surface area contributed by atoms with E-state index < -0.39 is 11.7 Å². The number of aliphatic hydroxyl groups is 1. The molecule has 414 valence electrons. The summed E-state index contributed by atoms with van der Waals surface area (Å²) in [6.07, 6.45) is 40.1. The number of esters is 2. The first kappa shape index (κ1) is 66.3. The van der Waals surface area contributed by atoms with Gasteiger partial charge in [-0.05, 0) is 77.9 Å². The third-order valence-corrected chi connectivity index (χ3v) is 15.3. The predicted molar refractivity (Wildman–Crippen MR) is 294 cm³/mol. The number of amides is 1. The van der Waals surface area contributed by atoms with Crippen molar-refractivity contribution in [2.75, 3.05) is 54.0 Å². The van der Waals surface area contributed by atoms with Gasteiger partial charge >= 0.3 is 11.9 Å². The zero-order valence-corrected chi connectivity index (χ0v) is 47.8. The van der Waals surface area contributed by atoms with Gasteiger partial charge in [0.2, 0.25) is 5.91 Å². The van der Waals surface area contributed by atoms with E-state index in [1.54, 1.807) is 0 Å². The molecule has 0 saturated carbocycles. The molecule has 1 heterocycles. The Bertz CT molecular complexity index is 1220. The lowest BCUT2D eigenvalue weighted by molar-refractivity contribution is -0.150. The monoisotopic (exact) mass is 992 g/mol. The van der Waals surface area contributed by atoms with Crippen LogP contribution in [0.25, 0.3) is 0 Å². The molecule has 0 aromatic heterocycles. The highest BCUT2D eigenvalue weighted by molar-refractivity contribution is 5.82. The molecule has 1 aliphatic rings. The van der Waals surface area contributed by atoms with Gasteiger partial charge in [0.05, 0.1) is 19.3 Å². The summed E-state index contributed by atoms with van der Waals surface area (Å²) in [5.41, 5.74) is -0.398. The van der Waals surface area contributed by atoms with E-state index in [2.05, 4.69) is 58.4 Å². The molecule has 1 amide bonds. The first-order valence-electron chi connectivity index (χ1n) is 30.1. The van der Waals surface area contributed by atoms with Crippen LogP contribution in [-0.4, -0.2) is 116 Å². The van der Waals surface area contributed by atoms with Crippen molar-refractivity contribution in [3.63, 3.8) is 0 Å². The van der Waals surface area contributed by atoms with E-state index in [4.69, 9.17) is 14.2 Å². The van der Waals surface area contributed by atoms with Gasteiger partial charge in [-0.2, -0.15) is 0 Å². The molecule has 0 aliphatic carbocycles. The summed E-state index contributed by atoms with van der Waals surface area (Å²) in [4.78, 5) is 46.3. The third-order valence-electron chi connectivity index (χ3n) is 15.3. The van der Waals surface area contributed by atoms with E-state index in [9.17, 15) is 19.5 Å². The highest BCUT2D eigenvalue weighted by Crippen LogP contribution is 2.30. The van der Waals surface area contributed by atoms with E-state index in [1.165, 1.54) is 135 Å². The molecule has 70 heavy (non-hydrogen) atoms. The van der Waals surface area contributed by atoms with Gasteiger partial charge in [0.15, 0.2) is 6.29 Å². The van der Waals surface area contributed by atoms with Crippen molar-refractivity contribution >= 4 is 17.8 Å². The average molecular weight is 993 g/mol. The predicted octanol–water partition coefficient (Wildman–Crippen LogP) is 15.0. The smallest absolute Gasteiger partial charge is 0.323 e. The fraction of sp³-hybridized carbons (Fsp3) is 0.950. The lowest BCUT2D eigenvalue weighted by Gasteiger charge is -2.35. The quantitative estimate of drug-likeness (QED) is 0.0362. The van der Waals surface area contributed by atoms with Crippen LogP contribution in [0.15, 0.2) is 0 Å². The normalized spacial score (nSPS) is 16.0. The van der Waals surface area contributed by atoms with Gasteiger partial charge in [0.25, 0.3) is 0 Å². The summed E-state index contributed by atoms with van der Waals surface area (Å²) in [7, 11) is 6.03. The number of carbonyl (C=O) groups is 3. The minimum absolute atomic E-state index is 0.0642. The molecule has 3 atom stereocenters. The summed E-state index contributed by atoms with van der Waals surface area (Å²) >= 11 is 0. The van der Waals surface area contributed by atoms with Crippen molar-refractivity contribution in [1.29, 1.82) is 0 Å². The Morgan fingerprint density at radius 3 is 1.67 bits per heavy atom. The zero-order valence-electron chi connectivity index (χ0n) is 47.8. The van der Waals surface area contributed by atoms with Gasteiger partial charge in [-0.1, -0.05) is 208 Å². The molecule has 1 N–H and O–H groups in total. The molecule has 0 bridgehead atoms. The molecular formula is C60H117N3O7. The molecule has 10 nitrogen and oxygen atoms in total. The Balaban J connectivity index is 2.53. The number of ether oxygens (including phenoxy) is 3. The number of hydrogen-bond acceptors (Lipinski definition) is 9. The van der Waals surface area contributed by atoms with Crippen molar-refractivity contribution < 1.29 is 33.7 Å². The third kappa shape index (κ3) is 33.9. The fourth-order valence-corrected chi connectivity index (χ4v) is 10.5. The maximum absolute atomic E-state index is 14.0. The molecule has 1 saturated heterocycles. The molecule has 0 spiro atoms. The number of hydrogen-bond donors (Lipinski definition) is 1. The Morgan fingerprint density at radius 2 is 1.07 bits per heavy atom. The van der Waals surface area contributed by atoms with Crippen LogP contribution in [0, 0.1) is 11.3 Å². The first-order chi connectivity index (χ1) is 33.8. The second-order valence-corrected chi connectivity index (χ2v) is 22.7. The lowest BCUT2D eigenvalue weighted by Crippen LogP contribution is -2.44. The van der Waals surface area contributed by atoms with Crippen LogP contribution in [0.4, 0.5) is 0 Å². The van der Waals surface area contributed by atoms with E-state index in [0.29, 0.717) is 45.1 Å². The van der Waals surface area contributed by atoms with E-state index in [0.717, 1.165) is 102 Å². The maximum atomic E-state index is 14.0. The highest BCUT2D eigenvalue weighted by atomic mass is 16.6. The van der Waals surface area contributed by atoms with E-state index in [1.807, 2.05) is 19.0 Å². The molecule has 1 aliphatic heterocycles. The van der Waals surface area contributed by atoms with Crippen molar-refractivity contribution in [2.24, 2.45) is 11.3 Å². The van der Waals surface area contributed by atoms with Crippen LogP contribution in [0.2, 0.25) is 0 Å². The van der Waals surface area contributed by atoms with Crippen LogP contribution in [-0.2, 0) is 28.6 Å². The van der Waals surface area contributed by atoms with E-state index >= 15 is 0 Å². The SMILES string of the molecule is CCCCCCCCC(CCCCCCCC)N(C)C(=O)C(C)(C)CCCCCCOC(=O)[C@@H]1C[C@H](OC(O)CCN(C)C)CN1CCCCCCCC(=O)OCCCC(CCCCC)CCCCC. The van der Waals surface area contributed by atoms with Gasteiger partial charge in [-0.3, -0.25) is 19.3 Å². The largest absolute Gasteiger partial charge is 0.466 e. The van der Waals surface area contributed by atoms with Crippen molar-refractivity contribution in [3.8, 4) is 0 Å². The van der Waals surface area contributed by atoms with Crippen LogP contribution < -0.4 is 0 Å². The summed E-state index contributed by atoms with van der Waals surface area (Å²) in [6.45, 7) is 16.4. The number of aliphatic hydroxyl groups excluding tert-OH is 1. The molecule has 1 rings (SSSR count). The number of nitrogens with zero attached hydrogens (tertiary/aromatic N) is 3. The van der Waals surface area contributed by atoms with Crippen LogP contribution >= 0.6 is 0 Å². The first-order valence-corrected chi connectivity index (χ1v) is 30.1. The summed E-state index contributed by atoms with van der Waals surface area (Å²) in [5, 5.41) is 10.6. The molecule has 0 radical (unpaired) electrons. The lowest BCUT2D eigenvalue weighted by atomic mass is 9.84. The minimum atomic E-state index is -0.865. The second kappa shape index (κ2) is 43.6. The second-order valence-electron chi connectivity index (χ2n) is 22.7. The fourth-order valence-electron chi connectivity index (χ4n) is 10.5. The molecule has 10 heteroatoms. The summed E-state index contributed by atoms with van der Waals surface area (Å²) in [6, 6.07) is -0.0466. The Hall–Kier alpha value is -1.75. The van der Waals surface area contributed by atoms with Crippen LogP contribution in [0.5, 0.6) is 0 Å². The number of carbonyl (C=O) groups excluding carboxylic acids is 3. The number of unbranched alkanes of at least 4 members (excludes halogenated alkanes) is 21. The number of likely N-dealkylation sites (tertiary alicyclic amines) is 1. The average Bonchev–Trinajstić information content (AvgIpc) is 3.74.